The smallest absolute Gasteiger partial charge is 0.167 e. The summed E-state index contributed by atoms with van der Waals surface area (Å²) in [6.45, 7) is 4.95. The van der Waals surface area contributed by atoms with Crippen LogP contribution in [0.3, 0.4) is 0 Å². The van der Waals surface area contributed by atoms with E-state index in [0.717, 1.165) is 36.2 Å². The molecule has 1 aromatic heterocycles. The van der Waals surface area contributed by atoms with E-state index in [1.54, 1.807) is 6.07 Å². The van der Waals surface area contributed by atoms with E-state index in [1.165, 1.54) is 13.2 Å². The van der Waals surface area contributed by atoms with E-state index in [9.17, 15) is 4.39 Å². The first-order valence-corrected chi connectivity index (χ1v) is 6.60. The van der Waals surface area contributed by atoms with Crippen LogP contribution in [0.25, 0.3) is 10.9 Å². The van der Waals surface area contributed by atoms with E-state index in [0.29, 0.717) is 5.52 Å². The second-order valence-electron chi connectivity index (χ2n) is 4.46. The average Bonchev–Trinajstić information content (AvgIpc) is 2.40. The van der Waals surface area contributed by atoms with E-state index in [1.807, 2.05) is 6.92 Å². The fourth-order valence-corrected chi connectivity index (χ4v) is 2.16. The zero-order valence-corrected chi connectivity index (χ0v) is 11.6. The van der Waals surface area contributed by atoms with Gasteiger partial charge in [-0.1, -0.05) is 13.3 Å². The molecule has 0 aliphatic carbocycles. The normalized spacial score (nSPS) is 10.7. The first-order valence-electron chi connectivity index (χ1n) is 6.60. The quantitative estimate of drug-likeness (QED) is 0.890. The molecule has 0 fully saturated rings. The van der Waals surface area contributed by atoms with Crippen molar-refractivity contribution in [3.63, 3.8) is 0 Å². The lowest BCUT2D eigenvalue weighted by Gasteiger charge is -2.12. The van der Waals surface area contributed by atoms with Crippen LogP contribution in [-0.4, -0.2) is 18.6 Å². The van der Waals surface area contributed by atoms with Crippen molar-refractivity contribution in [1.29, 1.82) is 0 Å². The van der Waals surface area contributed by atoms with Crippen LogP contribution in [0.5, 0.6) is 5.75 Å². The molecule has 0 bridgehead atoms. The Morgan fingerprint density at radius 1 is 1.26 bits per heavy atom. The van der Waals surface area contributed by atoms with Crippen molar-refractivity contribution in [3.05, 3.63) is 29.6 Å². The summed E-state index contributed by atoms with van der Waals surface area (Å²) in [5.74, 6) is 0.725. The van der Waals surface area contributed by atoms with Crippen molar-refractivity contribution in [2.75, 3.05) is 19.0 Å². The molecule has 2 aromatic rings. The van der Waals surface area contributed by atoms with Crippen LogP contribution in [0.4, 0.5) is 10.2 Å². The molecule has 102 valence electrons. The van der Waals surface area contributed by atoms with Crippen LogP contribution in [-0.2, 0) is 6.42 Å². The van der Waals surface area contributed by atoms with Crippen molar-refractivity contribution in [1.82, 2.24) is 4.98 Å². The van der Waals surface area contributed by atoms with Gasteiger partial charge in [-0.15, -0.1) is 0 Å². The predicted molar refractivity (Wildman–Crippen MR) is 76.4 cm³/mol. The maximum absolute atomic E-state index is 13.7. The first-order chi connectivity index (χ1) is 9.19. The van der Waals surface area contributed by atoms with Gasteiger partial charge in [0, 0.05) is 18.0 Å². The van der Waals surface area contributed by atoms with Gasteiger partial charge in [0.1, 0.15) is 5.82 Å². The molecule has 0 saturated heterocycles. The second kappa shape index (κ2) is 5.87. The topological polar surface area (TPSA) is 34.1 Å². The lowest BCUT2D eigenvalue weighted by molar-refractivity contribution is 0.387. The number of aromatic nitrogens is 1. The number of pyridine rings is 1. The third-order valence-electron chi connectivity index (χ3n) is 3.03. The Morgan fingerprint density at radius 2 is 2.05 bits per heavy atom. The van der Waals surface area contributed by atoms with Crippen LogP contribution in [0.1, 0.15) is 25.8 Å². The molecule has 4 heteroatoms. The Hall–Kier alpha value is -1.84. The van der Waals surface area contributed by atoms with E-state index in [2.05, 4.69) is 23.3 Å². The van der Waals surface area contributed by atoms with Crippen LogP contribution >= 0.6 is 0 Å². The number of halogens is 1. The van der Waals surface area contributed by atoms with Gasteiger partial charge in [-0.2, -0.15) is 0 Å². The number of nitrogens with one attached hydrogen (secondary N) is 1. The van der Waals surface area contributed by atoms with Gasteiger partial charge in [0.25, 0.3) is 0 Å². The molecular weight excluding hydrogens is 243 g/mol. The number of anilines is 1. The van der Waals surface area contributed by atoms with Gasteiger partial charge in [0.2, 0.25) is 0 Å². The van der Waals surface area contributed by atoms with Crippen LogP contribution in [0.2, 0.25) is 0 Å². The number of methoxy groups -OCH3 is 1. The monoisotopic (exact) mass is 262 g/mol. The minimum atomic E-state index is -0.381. The number of hydrogen-bond acceptors (Lipinski definition) is 3. The zero-order chi connectivity index (χ0) is 13.8. The highest BCUT2D eigenvalue weighted by atomic mass is 19.1. The molecule has 0 amide bonds. The Morgan fingerprint density at radius 3 is 2.68 bits per heavy atom. The predicted octanol–water partition coefficient (Wildman–Crippen LogP) is 3.77. The Labute approximate surface area is 112 Å². The molecule has 0 atom stereocenters. The molecular formula is C15H19FN2O. The fourth-order valence-electron chi connectivity index (χ4n) is 2.16. The third-order valence-corrected chi connectivity index (χ3v) is 3.03. The minimum absolute atomic E-state index is 0.257. The number of fused-ring (bicyclic) bond motifs is 1. The third kappa shape index (κ3) is 2.78. The van der Waals surface area contributed by atoms with Crippen molar-refractivity contribution in [2.45, 2.75) is 26.7 Å². The molecule has 0 unspecified atom stereocenters. The van der Waals surface area contributed by atoms with E-state index in [-0.39, 0.29) is 11.6 Å². The summed E-state index contributed by atoms with van der Waals surface area (Å²) in [6, 6.07) is 5.18. The summed E-state index contributed by atoms with van der Waals surface area (Å²) < 4.78 is 18.7. The van der Waals surface area contributed by atoms with Gasteiger partial charge in [0.15, 0.2) is 11.6 Å². The fraction of sp³-hybridized carbons (Fsp3) is 0.400. The maximum Gasteiger partial charge on any atom is 0.167 e. The Bertz CT molecular complexity index is 584. The Kier molecular flexibility index (Phi) is 4.20. The molecule has 3 nitrogen and oxygen atoms in total. The molecule has 0 aliphatic rings. The van der Waals surface area contributed by atoms with Crippen LogP contribution in [0.15, 0.2) is 18.2 Å². The van der Waals surface area contributed by atoms with Crippen molar-refractivity contribution >= 4 is 16.7 Å². The van der Waals surface area contributed by atoms with Gasteiger partial charge in [0.05, 0.1) is 12.6 Å². The Balaban J connectivity index is 2.59. The number of ether oxygens (including phenoxy) is 1. The maximum atomic E-state index is 13.7. The number of benzene rings is 1. The van der Waals surface area contributed by atoms with E-state index in [4.69, 9.17) is 4.74 Å². The number of rotatable bonds is 5. The molecule has 0 spiro atoms. The summed E-state index contributed by atoms with van der Waals surface area (Å²) >= 11 is 0. The number of hydrogen-bond donors (Lipinski definition) is 1. The molecule has 0 radical (unpaired) electrons. The van der Waals surface area contributed by atoms with Crippen molar-refractivity contribution in [2.24, 2.45) is 0 Å². The average molecular weight is 262 g/mol. The second-order valence-corrected chi connectivity index (χ2v) is 4.46. The SMILES string of the molecule is CCCc1cc2cc(OC)c(F)cc2nc1NCC. The molecule has 1 N–H and O–H groups in total. The highest BCUT2D eigenvalue weighted by molar-refractivity contribution is 5.83. The van der Waals surface area contributed by atoms with Crippen molar-refractivity contribution < 1.29 is 9.13 Å². The molecule has 1 heterocycles. The van der Waals surface area contributed by atoms with Crippen LogP contribution < -0.4 is 10.1 Å². The van der Waals surface area contributed by atoms with E-state index >= 15 is 0 Å². The lowest BCUT2D eigenvalue weighted by atomic mass is 10.1. The van der Waals surface area contributed by atoms with Gasteiger partial charge in [-0.25, -0.2) is 9.37 Å². The van der Waals surface area contributed by atoms with Gasteiger partial charge < -0.3 is 10.1 Å². The highest BCUT2D eigenvalue weighted by Gasteiger charge is 2.10. The standard InChI is InChI=1S/C15H19FN2O/c1-4-6-10-7-11-8-14(19-3)12(16)9-13(11)18-15(10)17-5-2/h7-9H,4-6H2,1-3H3,(H,17,18). The van der Waals surface area contributed by atoms with Gasteiger partial charge in [-0.3, -0.25) is 0 Å². The van der Waals surface area contributed by atoms with Gasteiger partial charge >= 0.3 is 0 Å². The molecule has 0 saturated carbocycles. The molecule has 2 rings (SSSR count). The number of aryl methyl sites for hydroxylation is 1. The molecule has 19 heavy (non-hydrogen) atoms. The largest absolute Gasteiger partial charge is 0.494 e. The lowest BCUT2D eigenvalue weighted by Crippen LogP contribution is -2.04. The summed E-state index contributed by atoms with van der Waals surface area (Å²) in [5.41, 5.74) is 1.81. The summed E-state index contributed by atoms with van der Waals surface area (Å²) in [5, 5.41) is 4.14. The zero-order valence-electron chi connectivity index (χ0n) is 11.6. The van der Waals surface area contributed by atoms with Crippen molar-refractivity contribution in [3.8, 4) is 5.75 Å². The molecule has 1 aromatic carbocycles. The summed E-state index contributed by atoms with van der Waals surface area (Å²) in [6.07, 6.45) is 1.99. The van der Waals surface area contributed by atoms with Crippen LogP contribution in [0, 0.1) is 5.82 Å². The molecule has 0 aliphatic heterocycles. The van der Waals surface area contributed by atoms with E-state index < -0.39 is 0 Å². The summed E-state index contributed by atoms with van der Waals surface area (Å²) in [7, 11) is 1.47. The first kappa shape index (κ1) is 13.6. The van der Waals surface area contributed by atoms with Gasteiger partial charge in [-0.05, 0) is 31.0 Å². The highest BCUT2D eigenvalue weighted by Crippen LogP contribution is 2.27. The summed E-state index contributed by atoms with van der Waals surface area (Å²) in [4.78, 5) is 4.51. The number of nitrogens with zero attached hydrogens (tertiary/aromatic N) is 1. The minimum Gasteiger partial charge on any atom is -0.494 e.